The Balaban J connectivity index is 2.10. The molecule has 0 aliphatic heterocycles. The lowest BCUT2D eigenvalue weighted by Crippen LogP contribution is -2.52. The summed E-state index contributed by atoms with van der Waals surface area (Å²) in [6.07, 6.45) is 1.91. The molecule has 1 atom stereocenters. The van der Waals surface area contributed by atoms with Crippen molar-refractivity contribution in [2.75, 3.05) is 17.4 Å². The molecule has 0 heterocycles. The van der Waals surface area contributed by atoms with E-state index in [1.54, 1.807) is 43.3 Å². The highest BCUT2D eigenvalue weighted by Gasteiger charge is 2.35. The van der Waals surface area contributed by atoms with Crippen LogP contribution in [-0.2, 0) is 26.2 Å². The third-order valence-electron chi connectivity index (χ3n) is 6.39. The summed E-state index contributed by atoms with van der Waals surface area (Å²) >= 11 is 25.4. The summed E-state index contributed by atoms with van der Waals surface area (Å²) in [7, 11) is -4.27. The summed E-state index contributed by atoms with van der Waals surface area (Å²) in [5.74, 6) is -1.01. The number of nitrogens with zero attached hydrogens (tertiary/aromatic N) is 2. The topological polar surface area (TPSA) is 86.8 Å². The van der Waals surface area contributed by atoms with Crippen LogP contribution in [0.1, 0.15) is 38.7 Å². The standard InChI is InChI=1S/C29H31Cl4N3O4S/c1-3-5-16-34-29(38)26(4-2)35(18-22-23(31)12-9-13-24(22)32)28(37)19-36(27-15-14-20(30)17-25(27)33)41(39,40)21-10-7-6-8-11-21/h6-15,17,26H,3-5,16,18-19H2,1-2H3,(H,34,38)/t26-/m0/s1. The lowest BCUT2D eigenvalue weighted by Gasteiger charge is -2.33. The van der Waals surface area contributed by atoms with Crippen molar-refractivity contribution >= 4 is 73.9 Å². The second-order valence-corrected chi connectivity index (χ2v) is 12.7. The molecule has 0 aliphatic carbocycles. The molecule has 0 spiro atoms. The number of amides is 2. The Kier molecular flexibility index (Phi) is 12.2. The van der Waals surface area contributed by atoms with Gasteiger partial charge in [0, 0.05) is 33.7 Å². The number of hydrogen-bond donors (Lipinski definition) is 1. The van der Waals surface area contributed by atoms with Crippen LogP contribution in [0.15, 0.2) is 71.6 Å². The van der Waals surface area contributed by atoms with Crippen LogP contribution >= 0.6 is 46.4 Å². The molecule has 41 heavy (non-hydrogen) atoms. The van der Waals surface area contributed by atoms with Gasteiger partial charge in [0.25, 0.3) is 10.0 Å². The summed E-state index contributed by atoms with van der Waals surface area (Å²) in [5, 5.41) is 3.83. The molecule has 7 nitrogen and oxygen atoms in total. The van der Waals surface area contributed by atoms with E-state index in [4.69, 9.17) is 46.4 Å². The SMILES string of the molecule is CCCCNC(=O)[C@H](CC)N(Cc1c(Cl)cccc1Cl)C(=O)CN(c1ccc(Cl)cc1Cl)S(=O)(=O)c1ccccc1. The van der Waals surface area contributed by atoms with Gasteiger partial charge in [-0.1, -0.05) is 90.9 Å². The van der Waals surface area contributed by atoms with E-state index in [-0.39, 0.29) is 34.5 Å². The van der Waals surface area contributed by atoms with Crippen molar-refractivity contribution in [2.45, 2.75) is 50.6 Å². The zero-order valence-corrected chi connectivity index (χ0v) is 26.5. The van der Waals surface area contributed by atoms with Crippen molar-refractivity contribution in [3.63, 3.8) is 0 Å². The van der Waals surface area contributed by atoms with Gasteiger partial charge in [-0.2, -0.15) is 0 Å². The molecule has 0 saturated heterocycles. The highest BCUT2D eigenvalue weighted by molar-refractivity contribution is 7.92. The zero-order chi connectivity index (χ0) is 30.2. The van der Waals surface area contributed by atoms with Gasteiger partial charge in [-0.15, -0.1) is 0 Å². The molecule has 12 heteroatoms. The Morgan fingerprint density at radius 1 is 0.878 bits per heavy atom. The molecule has 0 aromatic heterocycles. The summed E-state index contributed by atoms with van der Waals surface area (Å²) in [4.78, 5) is 28.7. The number of unbranched alkanes of at least 4 members (excludes halogenated alkanes) is 1. The van der Waals surface area contributed by atoms with E-state index < -0.39 is 28.5 Å². The van der Waals surface area contributed by atoms with Gasteiger partial charge >= 0.3 is 0 Å². The van der Waals surface area contributed by atoms with Gasteiger partial charge in [0.15, 0.2) is 0 Å². The molecule has 0 bridgehead atoms. The molecule has 0 aliphatic rings. The van der Waals surface area contributed by atoms with Gasteiger partial charge < -0.3 is 10.2 Å². The number of halogens is 4. The van der Waals surface area contributed by atoms with Crippen LogP contribution in [0.3, 0.4) is 0 Å². The van der Waals surface area contributed by atoms with E-state index in [2.05, 4.69) is 5.32 Å². The van der Waals surface area contributed by atoms with Crippen molar-refractivity contribution in [3.05, 3.63) is 92.4 Å². The van der Waals surface area contributed by atoms with Crippen molar-refractivity contribution in [2.24, 2.45) is 0 Å². The molecule has 0 fully saturated rings. The van der Waals surface area contributed by atoms with Crippen LogP contribution in [-0.4, -0.2) is 44.3 Å². The minimum Gasteiger partial charge on any atom is -0.354 e. The number of carbonyl (C=O) groups is 2. The first-order chi connectivity index (χ1) is 19.5. The van der Waals surface area contributed by atoms with Crippen LogP contribution in [0.25, 0.3) is 0 Å². The van der Waals surface area contributed by atoms with Crippen LogP contribution in [0.2, 0.25) is 20.1 Å². The number of anilines is 1. The van der Waals surface area contributed by atoms with Gasteiger partial charge in [-0.05, 0) is 55.3 Å². The van der Waals surface area contributed by atoms with Crippen LogP contribution in [0.4, 0.5) is 5.69 Å². The molecule has 3 aromatic rings. The van der Waals surface area contributed by atoms with E-state index >= 15 is 0 Å². The number of rotatable bonds is 13. The van der Waals surface area contributed by atoms with Gasteiger partial charge in [0.1, 0.15) is 12.6 Å². The minimum absolute atomic E-state index is 0.0369. The molecule has 0 radical (unpaired) electrons. The van der Waals surface area contributed by atoms with Crippen molar-refractivity contribution < 1.29 is 18.0 Å². The summed E-state index contributed by atoms with van der Waals surface area (Å²) in [6, 6.07) is 16.0. The molecule has 1 N–H and O–H groups in total. The van der Waals surface area contributed by atoms with E-state index in [0.29, 0.717) is 27.2 Å². The fraction of sp³-hybridized carbons (Fsp3) is 0.310. The van der Waals surface area contributed by atoms with Gasteiger partial charge in [-0.3, -0.25) is 13.9 Å². The molecular formula is C29H31Cl4N3O4S. The van der Waals surface area contributed by atoms with Crippen LogP contribution in [0, 0.1) is 0 Å². The Morgan fingerprint density at radius 3 is 2.12 bits per heavy atom. The van der Waals surface area contributed by atoms with E-state index in [1.165, 1.54) is 35.2 Å². The summed E-state index contributed by atoms with van der Waals surface area (Å²) in [6.45, 7) is 3.44. The number of hydrogen-bond acceptors (Lipinski definition) is 4. The molecule has 2 amide bonds. The second-order valence-electron chi connectivity index (χ2n) is 9.21. The first-order valence-electron chi connectivity index (χ1n) is 13.0. The second kappa shape index (κ2) is 15.1. The van der Waals surface area contributed by atoms with Gasteiger partial charge in [0.05, 0.1) is 15.6 Å². The van der Waals surface area contributed by atoms with E-state index in [9.17, 15) is 18.0 Å². The van der Waals surface area contributed by atoms with Crippen LogP contribution in [0.5, 0.6) is 0 Å². The Morgan fingerprint density at radius 2 is 1.54 bits per heavy atom. The normalized spacial score (nSPS) is 12.0. The lowest BCUT2D eigenvalue weighted by molar-refractivity contribution is -0.140. The maximum absolute atomic E-state index is 14.1. The van der Waals surface area contributed by atoms with Crippen LogP contribution < -0.4 is 9.62 Å². The Bertz CT molecular complexity index is 1450. The largest absolute Gasteiger partial charge is 0.354 e. The molecule has 0 saturated carbocycles. The third-order valence-corrected chi connectivity index (χ3v) is 9.41. The first kappa shape index (κ1) is 33.0. The quantitative estimate of drug-likeness (QED) is 0.197. The smallest absolute Gasteiger partial charge is 0.264 e. The van der Waals surface area contributed by atoms with E-state index in [1.807, 2.05) is 6.92 Å². The molecule has 3 aromatic carbocycles. The maximum atomic E-state index is 14.1. The van der Waals surface area contributed by atoms with Crippen molar-refractivity contribution in [1.29, 1.82) is 0 Å². The monoisotopic (exact) mass is 657 g/mol. The fourth-order valence-electron chi connectivity index (χ4n) is 4.20. The predicted molar refractivity (Wildman–Crippen MR) is 166 cm³/mol. The predicted octanol–water partition coefficient (Wildman–Crippen LogP) is 7.22. The average Bonchev–Trinajstić information content (AvgIpc) is 2.94. The number of carbonyl (C=O) groups excluding carboxylic acids is 2. The van der Waals surface area contributed by atoms with E-state index in [0.717, 1.165) is 17.1 Å². The third kappa shape index (κ3) is 8.30. The maximum Gasteiger partial charge on any atom is 0.264 e. The molecule has 0 unspecified atom stereocenters. The minimum atomic E-state index is -4.27. The molecule has 220 valence electrons. The highest BCUT2D eigenvalue weighted by Crippen LogP contribution is 2.33. The first-order valence-corrected chi connectivity index (χ1v) is 16.0. The van der Waals surface area contributed by atoms with Crippen molar-refractivity contribution in [1.82, 2.24) is 10.2 Å². The number of nitrogens with one attached hydrogen (secondary N) is 1. The Hall–Kier alpha value is -2.49. The fourth-order valence-corrected chi connectivity index (χ4v) is 6.73. The zero-order valence-electron chi connectivity index (χ0n) is 22.6. The summed E-state index contributed by atoms with van der Waals surface area (Å²) < 4.78 is 28.7. The van der Waals surface area contributed by atoms with Crippen molar-refractivity contribution in [3.8, 4) is 0 Å². The average molecular weight is 659 g/mol. The van der Waals surface area contributed by atoms with Gasteiger partial charge in [-0.25, -0.2) is 8.42 Å². The molecule has 3 rings (SSSR count). The number of benzene rings is 3. The lowest BCUT2D eigenvalue weighted by atomic mass is 10.1. The highest BCUT2D eigenvalue weighted by atomic mass is 35.5. The Labute approximate surface area is 261 Å². The number of sulfonamides is 1. The van der Waals surface area contributed by atoms with Gasteiger partial charge in [0.2, 0.25) is 11.8 Å². The molecular weight excluding hydrogens is 628 g/mol. The summed E-state index contributed by atoms with van der Waals surface area (Å²) in [5.41, 5.74) is 0.496.